The topological polar surface area (TPSA) is 62.3 Å². The van der Waals surface area contributed by atoms with Crippen LogP contribution in [0.15, 0.2) is 0 Å². The zero-order valence-electron chi connectivity index (χ0n) is 9.48. The van der Waals surface area contributed by atoms with Crippen molar-refractivity contribution in [3.05, 3.63) is 0 Å². The number of nitriles is 1. The number of nitrogens with zero attached hydrogens (tertiary/aromatic N) is 2. The van der Waals surface area contributed by atoms with Gasteiger partial charge in [-0.05, 0) is 32.7 Å². The Bertz CT molecular complexity index is 206. The summed E-state index contributed by atoms with van der Waals surface area (Å²) in [5.41, 5.74) is 5.40. The Morgan fingerprint density at radius 3 is 2.73 bits per heavy atom. The molecule has 15 heavy (non-hydrogen) atoms. The molecule has 1 aliphatic heterocycles. The molecule has 1 rings (SSSR count). The minimum Gasteiger partial charge on any atom is -0.378 e. The molecule has 1 fully saturated rings. The van der Waals surface area contributed by atoms with Gasteiger partial charge >= 0.3 is 0 Å². The molecular formula is C11H21N3O. The maximum atomic E-state index is 8.79. The van der Waals surface area contributed by atoms with Crippen LogP contribution in [0.4, 0.5) is 0 Å². The summed E-state index contributed by atoms with van der Waals surface area (Å²) in [5, 5.41) is 8.79. The van der Waals surface area contributed by atoms with Crippen molar-refractivity contribution in [1.29, 1.82) is 5.26 Å². The molecule has 0 aromatic carbocycles. The van der Waals surface area contributed by atoms with Gasteiger partial charge in [0.25, 0.3) is 0 Å². The van der Waals surface area contributed by atoms with Crippen molar-refractivity contribution < 1.29 is 4.74 Å². The Labute approximate surface area is 92.0 Å². The quantitative estimate of drug-likeness (QED) is 0.681. The number of ether oxygens (including phenoxy) is 1. The SMILES string of the molecule is CC(C#N)N1CCC(OCCCN)CC1. The number of hydrogen-bond acceptors (Lipinski definition) is 4. The van der Waals surface area contributed by atoms with Crippen LogP contribution in [0.1, 0.15) is 26.2 Å². The average Bonchev–Trinajstić information content (AvgIpc) is 2.29. The standard InChI is InChI=1S/C11H21N3O/c1-10(9-13)14-6-3-11(4-7-14)15-8-2-5-12/h10-11H,2-8,12H2,1H3. The maximum Gasteiger partial charge on any atom is 0.0949 e. The molecule has 2 N–H and O–H groups in total. The van der Waals surface area contributed by atoms with Crippen LogP contribution in [0.5, 0.6) is 0 Å². The minimum atomic E-state index is 0.0370. The molecule has 1 atom stereocenters. The Balaban J connectivity index is 2.16. The number of likely N-dealkylation sites (tertiary alicyclic amines) is 1. The van der Waals surface area contributed by atoms with Gasteiger partial charge in [0.15, 0.2) is 0 Å². The zero-order chi connectivity index (χ0) is 11.1. The molecule has 86 valence electrons. The molecule has 1 unspecified atom stereocenters. The molecule has 0 bridgehead atoms. The lowest BCUT2D eigenvalue weighted by molar-refractivity contribution is 0.00386. The smallest absolute Gasteiger partial charge is 0.0949 e. The highest BCUT2D eigenvalue weighted by Gasteiger charge is 2.22. The van der Waals surface area contributed by atoms with Gasteiger partial charge in [0.05, 0.1) is 18.2 Å². The van der Waals surface area contributed by atoms with Crippen molar-refractivity contribution in [2.24, 2.45) is 5.73 Å². The summed E-state index contributed by atoms with van der Waals surface area (Å²) in [7, 11) is 0. The predicted octanol–water partition coefficient (Wildman–Crippen LogP) is 0.728. The van der Waals surface area contributed by atoms with E-state index in [1.807, 2.05) is 6.92 Å². The van der Waals surface area contributed by atoms with E-state index >= 15 is 0 Å². The Kier molecular flexibility index (Phi) is 5.62. The van der Waals surface area contributed by atoms with E-state index in [4.69, 9.17) is 15.7 Å². The molecule has 0 saturated carbocycles. The van der Waals surface area contributed by atoms with Crippen LogP contribution in [0.25, 0.3) is 0 Å². The minimum absolute atomic E-state index is 0.0370. The molecule has 0 aromatic rings. The highest BCUT2D eigenvalue weighted by Crippen LogP contribution is 2.15. The third-order valence-electron chi connectivity index (χ3n) is 2.91. The molecule has 1 heterocycles. The van der Waals surface area contributed by atoms with E-state index < -0.39 is 0 Å². The van der Waals surface area contributed by atoms with Crippen molar-refractivity contribution in [3.63, 3.8) is 0 Å². The molecule has 1 aliphatic rings. The van der Waals surface area contributed by atoms with Crippen LogP contribution in [0, 0.1) is 11.3 Å². The van der Waals surface area contributed by atoms with Gasteiger partial charge in [0, 0.05) is 19.7 Å². The second-order valence-electron chi connectivity index (χ2n) is 4.05. The first-order chi connectivity index (χ1) is 7.27. The van der Waals surface area contributed by atoms with Crippen molar-refractivity contribution in [3.8, 4) is 6.07 Å². The summed E-state index contributed by atoms with van der Waals surface area (Å²) in [5.74, 6) is 0. The predicted molar refractivity (Wildman–Crippen MR) is 59.3 cm³/mol. The van der Waals surface area contributed by atoms with Crippen LogP contribution < -0.4 is 5.73 Å². The highest BCUT2D eigenvalue weighted by molar-refractivity contribution is 4.90. The first-order valence-corrected chi connectivity index (χ1v) is 5.73. The molecule has 0 spiro atoms. The summed E-state index contributed by atoms with van der Waals surface area (Å²) < 4.78 is 5.70. The fourth-order valence-corrected chi connectivity index (χ4v) is 1.84. The van der Waals surface area contributed by atoms with Crippen molar-refractivity contribution >= 4 is 0 Å². The molecule has 4 heteroatoms. The van der Waals surface area contributed by atoms with E-state index in [2.05, 4.69) is 11.0 Å². The van der Waals surface area contributed by atoms with Gasteiger partial charge in [-0.15, -0.1) is 0 Å². The Morgan fingerprint density at radius 1 is 1.53 bits per heavy atom. The Hall–Kier alpha value is -0.630. The van der Waals surface area contributed by atoms with Gasteiger partial charge in [0.2, 0.25) is 0 Å². The van der Waals surface area contributed by atoms with Crippen LogP contribution in [-0.2, 0) is 4.74 Å². The fourth-order valence-electron chi connectivity index (χ4n) is 1.84. The Morgan fingerprint density at radius 2 is 2.20 bits per heavy atom. The van der Waals surface area contributed by atoms with Gasteiger partial charge < -0.3 is 10.5 Å². The molecule has 0 radical (unpaired) electrons. The largest absolute Gasteiger partial charge is 0.378 e. The summed E-state index contributed by atoms with van der Waals surface area (Å²) in [4.78, 5) is 2.21. The van der Waals surface area contributed by atoms with E-state index in [9.17, 15) is 0 Å². The number of hydrogen-bond donors (Lipinski definition) is 1. The number of piperidine rings is 1. The van der Waals surface area contributed by atoms with Gasteiger partial charge in [-0.2, -0.15) is 5.26 Å². The van der Waals surface area contributed by atoms with Gasteiger partial charge in [0.1, 0.15) is 0 Å². The normalized spacial score (nSPS) is 21.1. The first-order valence-electron chi connectivity index (χ1n) is 5.73. The summed E-state index contributed by atoms with van der Waals surface area (Å²) >= 11 is 0. The van der Waals surface area contributed by atoms with E-state index in [0.717, 1.165) is 39.0 Å². The fraction of sp³-hybridized carbons (Fsp3) is 0.909. The van der Waals surface area contributed by atoms with E-state index in [-0.39, 0.29) is 6.04 Å². The number of rotatable bonds is 5. The van der Waals surface area contributed by atoms with Crippen LogP contribution in [0.2, 0.25) is 0 Å². The summed E-state index contributed by atoms with van der Waals surface area (Å²) in [6.07, 6.45) is 3.39. The second kappa shape index (κ2) is 6.78. The summed E-state index contributed by atoms with van der Waals surface area (Å²) in [6.45, 7) is 5.37. The lowest BCUT2D eigenvalue weighted by Gasteiger charge is -2.33. The lowest BCUT2D eigenvalue weighted by Crippen LogP contribution is -2.41. The number of nitrogens with two attached hydrogens (primary N) is 1. The van der Waals surface area contributed by atoms with Crippen LogP contribution in [-0.4, -0.2) is 43.3 Å². The monoisotopic (exact) mass is 211 g/mol. The molecular weight excluding hydrogens is 190 g/mol. The van der Waals surface area contributed by atoms with Crippen LogP contribution in [0.3, 0.4) is 0 Å². The van der Waals surface area contributed by atoms with E-state index in [0.29, 0.717) is 12.6 Å². The maximum absolute atomic E-state index is 8.79. The zero-order valence-corrected chi connectivity index (χ0v) is 9.48. The second-order valence-corrected chi connectivity index (χ2v) is 4.05. The van der Waals surface area contributed by atoms with Gasteiger partial charge in [-0.25, -0.2) is 0 Å². The molecule has 1 saturated heterocycles. The third kappa shape index (κ3) is 4.17. The van der Waals surface area contributed by atoms with E-state index in [1.54, 1.807) is 0 Å². The molecule has 0 amide bonds. The third-order valence-corrected chi connectivity index (χ3v) is 2.91. The van der Waals surface area contributed by atoms with Gasteiger partial charge in [-0.3, -0.25) is 4.90 Å². The van der Waals surface area contributed by atoms with Crippen molar-refractivity contribution in [2.45, 2.75) is 38.3 Å². The van der Waals surface area contributed by atoms with Crippen LogP contribution >= 0.6 is 0 Å². The molecule has 0 aliphatic carbocycles. The molecule has 0 aromatic heterocycles. The molecule has 4 nitrogen and oxygen atoms in total. The average molecular weight is 211 g/mol. The first kappa shape index (κ1) is 12.4. The van der Waals surface area contributed by atoms with Crippen molar-refractivity contribution in [1.82, 2.24) is 4.90 Å². The lowest BCUT2D eigenvalue weighted by atomic mass is 10.1. The summed E-state index contributed by atoms with van der Waals surface area (Å²) in [6, 6.07) is 2.31. The van der Waals surface area contributed by atoms with E-state index in [1.165, 1.54) is 0 Å². The highest BCUT2D eigenvalue weighted by atomic mass is 16.5. The van der Waals surface area contributed by atoms with Crippen molar-refractivity contribution in [2.75, 3.05) is 26.2 Å². The van der Waals surface area contributed by atoms with Gasteiger partial charge in [-0.1, -0.05) is 0 Å².